The Hall–Kier alpha value is -3.08. The van der Waals surface area contributed by atoms with Crippen LogP contribution in [0.4, 0.5) is 11.4 Å². The minimum Gasteiger partial charge on any atom is -0.464 e. The largest absolute Gasteiger partial charge is 0.464 e. The van der Waals surface area contributed by atoms with Gasteiger partial charge in [-0.1, -0.05) is 35.9 Å². The lowest BCUT2D eigenvalue weighted by atomic mass is 10.0. The molecule has 1 N–H and O–H groups in total. The Bertz CT molecular complexity index is 843. The van der Waals surface area contributed by atoms with E-state index in [4.69, 9.17) is 4.74 Å². The van der Waals surface area contributed by atoms with E-state index in [1.54, 1.807) is 32.1 Å². The predicted molar refractivity (Wildman–Crippen MR) is 102 cm³/mol. The van der Waals surface area contributed by atoms with Gasteiger partial charge >= 0.3 is 5.97 Å². The summed E-state index contributed by atoms with van der Waals surface area (Å²) in [6.45, 7) is 5.69. The molecule has 0 radical (unpaired) electrons. The number of ether oxygens (including phenoxy) is 1. The predicted octanol–water partition coefficient (Wildman–Crippen LogP) is 3.66. The Morgan fingerprint density at radius 2 is 1.77 bits per heavy atom. The van der Waals surface area contributed by atoms with Crippen LogP contribution in [0.15, 0.2) is 66.4 Å². The Kier molecular flexibility index (Phi) is 4.80. The molecule has 0 saturated heterocycles. The summed E-state index contributed by atoms with van der Waals surface area (Å²) in [5.41, 5.74) is 1.71. The van der Waals surface area contributed by atoms with E-state index in [0.717, 1.165) is 11.3 Å². The van der Waals surface area contributed by atoms with Crippen LogP contribution < -0.4 is 10.2 Å². The maximum atomic E-state index is 13.1. The highest BCUT2D eigenvalue weighted by Gasteiger charge is 2.49. The normalized spacial score (nSPS) is 19.3. The second-order valence-corrected chi connectivity index (χ2v) is 6.39. The lowest BCUT2D eigenvalue weighted by Crippen LogP contribution is -2.51. The van der Waals surface area contributed by atoms with Gasteiger partial charge in [0.2, 0.25) is 0 Å². The fourth-order valence-electron chi connectivity index (χ4n) is 3.01. The van der Waals surface area contributed by atoms with E-state index >= 15 is 0 Å². The molecule has 1 amide bonds. The Labute approximate surface area is 153 Å². The van der Waals surface area contributed by atoms with Crippen LogP contribution in [0.2, 0.25) is 0 Å². The van der Waals surface area contributed by atoms with Crippen molar-refractivity contribution < 1.29 is 14.3 Å². The van der Waals surface area contributed by atoms with Crippen molar-refractivity contribution in [3.05, 3.63) is 71.9 Å². The number of para-hydroxylation sites is 1. The molecule has 0 saturated carbocycles. The number of amides is 1. The van der Waals surface area contributed by atoms with Gasteiger partial charge in [-0.3, -0.25) is 9.69 Å². The van der Waals surface area contributed by atoms with Gasteiger partial charge in [-0.2, -0.15) is 0 Å². The first-order valence-electron chi connectivity index (χ1n) is 8.59. The number of aryl methyl sites for hydroxylation is 1. The molecular weight excluding hydrogens is 328 g/mol. The van der Waals surface area contributed by atoms with E-state index < -0.39 is 11.5 Å². The van der Waals surface area contributed by atoms with Crippen molar-refractivity contribution in [3.8, 4) is 0 Å². The SMILES string of the molecule is CCOC(=O)[C@@]1(C)C=C(Nc2ccc(C)cc2)C(=O)N1c1ccccc1. The quantitative estimate of drug-likeness (QED) is 0.836. The minimum atomic E-state index is -1.21. The van der Waals surface area contributed by atoms with Gasteiger partial charge in [0.25, 0.3) is 5.91 Å². The van der Waals surface area contributed by atoms with Gasteiger partial charge in [0.15, 0.2) is 5.54 Å². The monoisotopic (exact) mass is 350 g/mol. The molecule has 0 aliphatic carbocycles. The molecule has 3 rings (SSSR count). The summed E-state index contributed by atoms with van der Waals surface area (Å²) in [5.74, 6) is -0.731. The number of carbonyl (C=O) groups excluding carboxylic acids is 2. The summed E-state index contributed by atoms with van der Waals surface area (Å²) >= 11 is 0. The van der Waals surface area contributed by atoms with Crippen LogP contribution in [-0.4, -0.2) is 24.0 Å². The number of hydrogen-bond donors (Lipinski definition) is 1. The first-order chi connectivity index (χ1) is 12.5. The molecular formula is C21H22N2O3. The lowest BCUT2D eigenvalue weighted by molar-refractivity contribution is -0.147. The Morgan fingerprint density at radius 3 is 2.38 bits per heavy atom. The van der Waals surface area contributed by atoms with Crippen LogP contribution >= 0.6 is 0 Å². The topological polar surface area (TPSA) is 58.6 Å². The van der Waals surface area contributed by atoms with Crippen molar-refractivity contribution in [2.75, 3.05) is 16.8 Å². The van der Waals surface area contributed by atoms with Gasteiger partial charge in [0.05, 0.1) is 6.61 Å². The molecule has 2 aromatic carbocycles. The zero-order valence-corrected chi connectivity index (χ0v) is 15.2. The second-order valence-electron chi connectivity index (χ2n) is 6.39. The number of anilines is 2. The molecule has 1 atom stereocenters. The first-order valence-corrected chi connectivity index (χ1v) is 8.59. The molecule has 1 heterocycles. The van der Waals surface area contributed by atoms with Crippen LogP contribution in [0.25, 0.3) is 0 Å². The van der Waals surface area contributed by atoms with Gasteiger partial charge < -0.3 is 10.1 Å². The van der Waals surface area contributed by atoms with Gasteiger partial charge in [-0.15, -0.1) is 0 Å². The molecule has 2 aromatic rings. The molecule has 5 heteroatoms. The third-order valence-corrected chi connectivity index (χ3v) is 4.36. The molecule has 5 nitrogen and oxygen atoms in total. The summed E-state index contributed by atoms with van der Waals surface area (Å²) in [7, 11) is 0. The Balaban J connectivity index is 1.99. The van der Waals surface area contributed by atoms with Gasteiger partial charge in [0, 0.05) is 11.4 Å². The van der Waals surface area contributed by atoms with E-state index in [1.807, 2.05) is 49.4 Å². The molecule has 1 aliphatic heterocycles. The van der Waals surface area contributed by atoms with Crippen LogP contribution in [0.5, 0.6) is 0 Å². The highest BCUT2D eigenvalue weighted by Crippen LogP contribution is 2.35. The van der Waals surface area contributed by atoms with E-state index in [9.17, 15) is 9.59 Å². The van der Waals surface area contributed by atoms with E-state index in [2.05, 4.69) is 5.32 Å². The van der Waals surface area contributed by atoms with Gasteiger partial charge in [-0.25, -0.2) is 4.79 Å². The molecule has 0 fully saturated rings. The molecule has 26 heavy (non-hydrogen) atoms. The number of nitrogens with one attached hydrogen (secondary N) is 1. The first kappa shape index (κ1) is 17.7. The van der Waals surface area contributed by atoms with Gasteiger partial charge in [-0.05, 0) is 51.1 Å². The summed E-state index contributed by atoms with van der Waals surface area (Å²) in [5, 5.41) is 3.13. The Morgan fingerprint density at radius 1 is 1.12 bits per heavy atom. The molecule has 1 aliphatic rings. The standard InChI is InChI=1S/C21H22N2O3/c1-4-26-20(25)21(3)14-18(22-16-12-10-15(2)11-13-16)19(24)23(21)17-8-6-5-7-9-17/h5-14,22H,4H2,1-3H3/t21-/m1/s1. The lowest BCUT2D eigenvalue weighted by Gasteiger charge is -2.32. The van der Waals surface area contributed by atoms with Crippen molar-refractivity contribution in [3.63, 3.8) is 0 Å². The summed E-state index contributed by atoms with van der Waals surface area (Å²) in [4.78, 5) is 27.2. The van der Waals surface area contributed by atoms with Crippen molar-refractivity contribution in [2.45, 2.75) is 26.3 Å². The van der Waals surface area contributed by atoms with Crippen LogP contribution in [0.3, 0.4) is 0 Å². The number of hydrogen-bond acceptors (Lipinski definition) is 4. The smallest absolute Gasteiger partial charge is 0.336 e. The number of carbonyl (C=O) groups is 2. The molecule has 0 bridgehead atoms. The highest BCUT2D eigenvalue weighted by molar-refractivity contribution is 6.16. The highest BCUT2D eigenvalue weighted by atomic mass is 16.5. The molecule has 0 unspecified atom stereocenters. The fourth-order valence-corrected chi connectivity index (χ4v) is 3.01. The van der Waals surface area contributed by atoms with E-state index in [-0.39, 0.29) is 12.5 Å². The average molecular weight is 350 g/mol. The summed E-state index contributed by atoms with van der Waals surface area (Å²) < 4.78 is 5.24. The molecule has 0 spiro atoms. The summed E-state index contributed by atoms with van der Waals surface area (Å²) in [6, 6.07) is 16.9. The maximum Gasteiger partial charge on any atom is 0.336 e. The number of nitrogens with zero attached hydrogens (tertiary/aromatic N) is 1. The zero-order valence-electron chi connectivity index (χ0n) is 15.2. The number of esters is 1. The second kappa shape index (κ2) is 7.04. The van der Waals surface area contributed by atoms with Crippen molar-refractivity contribution in [1.82, 2.24) is 0 Å². The fraction of sp³-hybridized carbons (Fsp3) is 0.238. The average Bonchev–Trinajstić information content (AvgIpc) is 2.89. The molecule has 134 valence electrons. The third kappa shape index (κ3) is 3.20. The number of benzene rings is 2. The molecule has 0 aromatic heterocycles. The van der Waals surface area contributed by atoms with E-state index in [0.29, 0.717) is 11.4 Å². The number of rotatable bonds is 5. The van der Waals surface area contributed by atoms with Crippen LogP contribution in [-0.2, 0) is 14.3 Å². The maximum absolute atomic E-state index is 13.1. The summed E-state index contributed by atoms with van der Waals surface area (Å²) in [6.07, 6.45) is 1.64. The van der Waals surface area contributed by atoms with Gasteiger partial charge in [0.1, 0.15) is 5.70 Å². The van der Waals surface area contributed by atoms with Crippen LogP contribution in [0, 0.1) is 6.92 Å². The minimum absolute atomic E-state index is 0.250. The van der Waals surface area contributed by atoms with Crippen molar-refractivity contribution >= 4 is 23.3 Å². The van der Waals surface area contributed by atoms with Crippen molar-refractivity contribution in [1.29, 1.82) is 0 Å². The van der Waals surface area contributed by atoms with Crippen molar-refractivity contribution in [2.24, 2.45) is 0 Å². The zero-order chi connectivity index (χ0) is 18.7. The van der Waals surface area contributed by atoms with E-state index in [1.165, 1.54) is 4.90 Å². The third-order valence-electron chi connectivity index (χ3n) is 4.36. The van der Waals surface area contributed by atoms with Crippen LogP contribution in [0.1, 0.15) is 19.4 Å².